The summed E-state index contributed by atoms with van der Waals surface area (Å²) in [5.74, 6) is -0.390. The minimum Gasteiger partial charge on any atom is -0.457 e. The molecule has 11 unspecified atom stereocenters. The lowest BCUT2D eigenvalue weighted by Gasteiger charge is -2.42. The molecule has 0 aromatic rings. The molecule has 0 aromatic heterocycles. The van der Waals surface area contributed by atoms with Crippen molar-refractivity contribution >= 4 is 5.97 Å². The summed E-state index contributed by atoms with van der Waals surface area (Å²) in [4.78, 5) is 12.8. The molecule has 11 atom stereocenters. The summed E-state index contributed by atoms with van der Waals surface area (Å²) >= 11 is 0. The van der Waals surface area contributed by atoms with Gasteiger partial charge in [0.2, 0.25) is 0 Å². The van der Waals surface area contributed by atoms with Crippen molar-refractivity contribution in [3.63, 3.8) is 0 Å². The fourth-order valence-corrected chi connectivity index (χ4v) is 7.04. The van der Waals surface area contributed by atoms with Crippen LogP contribution in [0.4, 0.5) is 0 Å². The lowest BCUT2D eigenvalue weighted by Crippen LogP contribution is -2.61. The van der Waals surface area contributed by atoms with Crippen molar-refractivity contribution in [1.82, 2.24) is 0 Å². The molecule has 0 bridgehead atoms. The number of rotatable bonds is 35. The summed E-state index contributed by atoms with van der Waals surface area (Å²) in [6.07, 6.45) is 22.1. The lowest BCUT2D eigenvalue weighted by molar-refractivity contribution is -0.332. The van der Waals surface area contributed by atoms with Gasteiger partial charge in [0, 0.05) is 13.0 Å². The van der Waals surface area contributed by atoms with Crippen LogP contribution in [-0.2, 0) is 33.2 Å². The number of carbonyl (C=O) groups excluding carboxylic acids is 1. The zero-order chi connectivity index (χ0) is 44.5. The molecule has 2 fully saturated rings. The van der Waals surface area contributed by atoms with E-state index in [9.17, 15) is 40.5 Å². The number of unbranched alkanes of at least 4 members (excludes halogenated alkanes) is 13. The average molecular weight is 871 g/mol. The molecule has 2 aliphatic rings. The Labute approximate surface area is 365 Å². The van der Waals surface area contributed by atoms with Crippen LogP contribution in [0, 0.1) is 0 Å². The average Bonchev–Trinajstić information content (AvgIpc) is 3.25. The molecule has 2 aliphatic heterocycles. The molecular formula is C47H82O14. The van der Waals surface area contributed by atoms with Crippen molar-refractivity contribution in [2.75, 3.05) is 33.0 Å². The molecule has 0 saturated carbocycles. The highest BCUT2D eigenvalue weighted by atomic mass is 16.7. The van der Waals surface area contributed by atoms with Gasteiger partial charge in [-0.1, -0.05) is 133 Å². The van der Waals surface area contributed by atoms with Crippen molar-refractivity contribution in [3.8, 4) is 0 Å². The van der Waals surface area contributed by atoms with Crippen LogP contribution in [0.3, 0.4) is 0 Å². The monoisotopic (exact) mass is 871 g/mol. The standard InChI is InChI=1S/C47H82O14/c1-3-5-7-9-11-12-13-14-15-16-17-18-19-20-21-22-23-25-27-29-31-56-33-36(59-39(49)30-28-26-24-10-8-6-4-2)34-57-46-45(55)43(53)41(51)38(61-46)35-58-47-44(54)42(52)40(50)37(32-48)60-47/h5,7,11-12,14-15,17-18,36-38,40-48,50-55H,3-4,6,8-10,13,16,19-35H2,1-2H3/b7-5-,12-11-,15-14-,18-17-. The summed E-state index contributed by atoms with van der Waals surface area (Å²) in [6.45, 7) is 3.47. The van der Waals surface area contributed by atoms with Crippen LogP contribution in [0.2, 0.25) is 0 Å². The van der Waals surface area contributed by atoms with Crippen molar-refractivity contribution in [1.29, 1.82) is 0 Å². The van der Waals surface area contributed by atoms with Crippen LogP contribution in [0.15, 0.2) is 48.6 Å². The number of ether oxygens (including phenoxy) is 6. The van der Waals surface area contributed by atoms with Crippen LogP contribution < -0.4 is 0 Å². The Morgan fingerprint density at radius 2 is 1.07 bits per heavy atom. The van der Waals surface area contributed by atoms with Gasteiger partial charge in [-0.05, 0) is 51.4 Å². The number of carbonyl (C=O) groups is 1. The van der Waals surface area contributed by atoms with Gasteiger partial charge in [0.05, 0.1) is 26.4 Å². The van der Waals surface area contributed by atoms with Crippen LogP contribution >= 0.6 is 0 Å². The van der Waals surface area contributed by atoms with Gasteiger partial charge in [0.25, 0.3) is 0 Å². The second-order valence-corrected chi connectivity index (χ2v) is 16.2. The van der Waals surface area contributed by atoms with E-state index in [0.29, 0.717) is 13.0 Å². The van der Waals surface area contributed by atoms with Crippen LogP contribution in [0.25, 0.3) is 0 Å². The zero-order valence-electron chi connectivity index (χ0n) is 37.1. The van der Waals surface area contributed by atoms with E-state index in [1.54, 1.807) is 0 Å². The molecule has 61 heavy (non-hydrogen) atoms. The first-order chi connectivity index (χ1) is 29.6. The van der Waals surface area contributed by atoms with Crippen molar-refractivity contribution in [2.24, 2.45) is 0 Å². The minimum absolute atomic E-state index is 0.0533. The van der Waals surface area contributed by atoms with E-state index in [2.05, 4.69) is 62.5 Å². The third kappa shape index (κ3) is 24.0. The maximum absolute atomic E-state index is 12.8. The number of aliphatic hydroxyl groups is 7. The number of allylic oxidation sites excluding steroid dienone is 8. The first kappa shape index (κ1) is 55.1. The number of hydrogen-bond acceptors (Lipinski definition) is 14. The summed E-state index contributed by atoms with van der Waals surface area (Å²) in [7, 11) is 0. The highest BCUT2D eigenvalue weighted by Crippen LogP contribution is 2.26. The molecule has 354 valence electrons. The normalized spacial score (nSPS) is 27.9. The van der Waals surface area contributed by atoms with E-state index in [1.165, 1.54) is 44.9 Å². The second-order valence-electron chi connectivity index (χ2n) is 16.2. The third-order valence-corrected chi connectivity index (χ3v) is 10.9. The Morgan fingerprint density at radius 3 is 1.67 bits per heavy atom. The number of aliphatic hydroxyl groups excluding tert-OH is 7. The van der Waals surface area contributed by atoms with Crippen molar-refractivity contribution in [2.45, 2.75) is 210 Å². The Morgan fingerprint density at radius 1 is 0.557 bits per heavy atom. The summed E-state index contributed by atoms with van der Waals surface area (Å²) in [6, 6.07) is 0. The fourth-order valence-electron chi connectivity index (χ4n) is 7.04. The second kappa shape index (κ2) is 35.3. The van der Waals surface area contributed by atoms with Gasteiger partial charge in [-0.25, -0.2) is 0 Å². The van der Waals surface area contributed by atoms with E-state index in [1.807, 2.05) is 0 Å². The molecule has 14 heteroatoms. The fraction of sp³-hybridized carbons (Fsp3) is 0.809. The Hall–Kier alpha value is -2.05. The Bertz CT molecular complexity index is 1190. The van der Waals surface area contributed by atoms with Crippen LogP contribution in [-0.4, -0.2) is 142 Å². The minimum atomic E-state index is -1.71. The van der Waals surface area contributed by atoms with Crippen LogP contribution in [0.1, 0.15) is 142 Å². The zero-order valence-corrected chi connectivity index (χ0v) is 37.1. The molecule has 2 heterocycles. The lowest BCUT2D eigenvalue weighted by atomic mass is 9.98. The van der Waals surface area contributed by atoms with Gasteiger partial charge in [-0.2, -0.15) is 0 Å². The predicted molar refractivity (Wildman–Crippen MR) is 233 cm³/mol. The Balaban J connectivity index is 1.74. The number of esters is 1. The highest BCUT2D eigenvalue weighted by Gasteiger charge is 2.47. The van der Waals surface area contributed by atoms with E-state index in [-0.39, 0.29) is 25.6 Å². The molecule has 0 radical (unpaired) electrons. The molecule has 14 nitrogen and oxygen atoms in total. The summed E-state index contributed by atoms with van der Waals surface area (Å²) in [5, 5.41) is 71.8. The van der Waals surface area contributed by atoms with Gasteiger partial charge < -0.3 is 64.2 Å². The first-order valence-electron chi connectivity index (χ1n) is 23.2. The molecule has 0 aliphatic carbocycles. The first-order valence-corrected chi connectivity index (χ1v) is 23.2. The van der Waals surface area contributed by atoms with E-state index in [4.69, 9.17) is 28.4 Å². The third-order valence-electron chi connectivity index (χ3n) is 10.9. The van der Waals surface area contributed by atoms with E-state index < -0.39 is 80.7 Å². The molecule has 7 N–H and O–H groups in total. The van der Waals surface area contributed by atoms with Crippen LogP contribution in [0.5, 0.6) is 0 Å². The highest BCUT2D eigenvalue weighted by molar-refractivity contribution is 5.69. The maximum atomic E-state index is 12.8. The van der Waals surface area contributed by atoms with Gasteiger partial charge in [0.1, 0.15) is 54.9 Å². The predicted octanol–water partition coefficient (Wildman–Crippen LogP) is 5.62. The summed E-state index contributed by atoms with van der Waals surface area (Å²) in [5.41, 5.74) is 0. The summed E-state index contributed by atoms with van der Waals surface area (Å²) < 4.78 is 34.1. The SMILES string of the molecule is CC/C=C\C/C=C\C/C=C\C/C=C\CCCCCCCCCOCC(COC1OC(COC2OC(CO)C(O)C(O)C2O)C(O)C(O)C1O)OC(=O)CCCCCCCCC. The van der Waals surface area contributed by atoms with E-state index in [0.717, 1.165) is 70.6 Å². The molecule has 0 spiro atoms. The van der Waals surface area contributed by atoms with Gasteiger partial charge >= 0.3 is 5.97 Å². The molecular weight excluding hydrogens is 789 g/mol. The van der Waals surface area contributed by atoms with Gasteiger partial charge in [0.15, 0.2) is 12.6 Å². The maximum Gasteiger partial charge on any atom is 0.306 e. The largest absolute Gasteiger partial charge is 0.457 e. The topological polar surface area (TPSA) is 214 Å². The quantitative estimate of drug-likeness (QED) is 0.0234. The van der Waals surface area contributed by atoms with Crippen molar-refractivity contribution in [3.05, 3.63) is 48.6 Å². The molecule has 2 saturated heterocycles. The smallest absolute Gasteiger partial charge is 0.306 e. The number of hydrogen-bond donors (Lipinski definition) is 7. The van der Waals surface area contributed by atoms with Gasteiger partial charge in [-0.3, -0.25) is 4.79 Å². The molecule has 0 amide bonds. The van der Waals surface area contributed by atoms with Crippen molar-refractivity contribution < 1.29 is 69.0 Å². The molecule has 0 aromatic carbocycles. The van der Waals surface area contributed by atoms with E-state index >= 15 is 0 Å². The molecule has 2 rings (SSSR count). The Kier molecular flexibility index (Phi) is 31.9. The van der Waals surface area contributed by atoms with Gasteiger partial charge in [-0.15, -0.1) is 0 Å².